The van der Waals surface area contributed by atoms with E-state index >= 15 is 0 Å². The highest BCUT2D eigenvalue weighted by atomic mass is 16.5. The third-order valence-corrected chi connectivity index (χ3v) is 2.23. The fourth-order valence-electron chi connectivity index (χ4n) is 1.25. The summed E-state index contributed by atoms with van der Waals surface area (Å²) < 4.78 is 4.86. The molecular formula is C12H27N3O2. The van der Waals surface area contributed by atoms with Crippen LogP contribution in [0.3, 0.4) is 0 Å². The molecule has 0 radical (unpaired) electrons. The number of amides is 1. The van der Waals surface area contributed by atoms with Crippen LogP contribution in [-0.4, -0.2) is 50.8 Å². The molecule has 0 heterocycles. The van der Waals surface area contributed by atoms with Gasteiger partial charge in [-0.3, -0.25) is 4.79 Å². The number of carbonyl (C=O) groups excluding carboxylic acids is 1. The fourth-order valence-corrected chi connectivity index (χ4v) is 1.25. The number of hydrogen-bond donors (Lipinski definition) is 3. The first-order valence-corrected chi connectivity index (χ1v) is 6.12. The molecule has 1 amide bonds. The van der Waals surface area contributed by atoms with Crippen molar-refractivity contribution in [2.75, 3.05) is 33.4 Å². The van der Waals surface area contributed by atoms with Crippen molar-refractivity contribution in [2.45, 2.75) is 39.3 Å². The summed E-state index contributed by atoms with van der Waals surface area (Å²) in [5.74, 6) is 0.0119. The summed E-state index contributed by atoms with van der Waals surface area (Å²) in [5, 5.41) is 9.31. The molecule has 3 N–H and O–H groups in total. The molecule has 5 heteroatoms. The van der Waals surface area contributed by atoms with Gasteiger partial charge >= 0.3 is 0 Å². The zero-order valence-corrected chi connectivity index (χ0v) is 11.7. The molecule has 102 valence electrons. The van der Waals surface area contributed by atoms with Crippen molar-refractivity contribution in [3.8, 4) is 0 Å². The maximum atomic E-state index is 11.6. The zero-order chi connectivity index (χ0) is 13.3. The van der Waals surface area contributed by atoms with Gasteiger partial charge in [-0.2, -0.15) is 0 Å². The van der Waals surface area contributed by atoms with E-state index in [4.69, 9.17) is 4.74 Å². The Morgan fingerprint density at radius 3 is 2.41 bits per heavy atom. The second-order valence-corrected chi connectivity index (χ2v) is 5.14. The molecule has 1 unspecified atom stereocenters. The molecule has 0 aromatic rings. The lowest BCUT2D eigenvalue weighted by atomic mass is 10.1. The van der Waals surface area contributed by atoms with E-state index in [2.05, 4.69) is 36.7 Å². The van der Waals surface area contributed by atoms with Crippen molar-refractivity contribution in [3.63, 3.8) is 0 Å². The first-order valence-electron chi connectivity index (χ1n) is 6.12. The molecule has 0 rings (SSSR count). The van der Waals surface area contributed by atoms with E-state index in [0.717, 1.165) is 13.1 Å². The molecule has 1 atom stereocenters. The smallest absolute Gasteiger partial charge is 0.236 e. The van der Waals surface area contributed by atoms with Crippen LogP contribution < -0.4 is 16.0 Å². The quantitative estimate of drug-likeness (QED) is 0.531. The summed E-state index contributed by atoms with van der Waals surface area (Å²) in [4.78, 5) is 11.6. The molecule has 17 heavy (non-hydrogen) atoms. The number of rotatable bonds is 8. The minimum Gasteiger partial charge on any atom is -0.383 e. The summed E-state index contributed by atoms with van der Waals surface area (Å²) in [6.07, 6.45) is 0. The molecule has 0 bridgehead atoms. The van der Waals surface area contributed by atoms with E-state index in [1.807, 2.05) is 6.92 Å². The zero-order valence-electron chi connectivity index (χ0n) is 11.7. The van der Waals surface area contributed by atoms with Crippen LogP contribution in [0.1, 0.15) is 27.7 Å². The third-order valence-electron chi connectivity index (χ3n) is 2.23. The van der Waals surface area contributed by atoms with Gasteiger partial charge in [0.2, 0.25) is 5.91 Å². The minimum atomic E-state index is -0.173. The average molecular weight is 245 g/mol. The molecule has 5 nitrogen and oxygen atoms in total. The van der Waals surface area contributed by atoms with Crippen molar-refractivity contribution in [1.82, 2.24) is 16.0 Å². The van der Waals surface area contributed by atoms with Crippen LogP contribution in [0.2, 0.25) is 0 Å². The largest absolute Gasteiger partial charge is 0.383 e. The van der Waals surface area contributed by atoms with Crippen LogP contribution in [-0.2, 0) is 9.53 Å². The number of hydrogen-bond acceptors (Lipinski definition) is 4. The molecular weight excluding hydrogens is 218 g/mol. The summed E-state index contributed by atoms with van der Waals surface area (Å²) in [6, 6.07) is -0.173. The highest BCUT2D eigenvalue weighted by Gasteiger charge is 2.12. The summed E-state index contributed by atoms with van der Waals surface area (Å²) >= 11 is 0. The third kappa shape index (κ3) is 10.2. The molecule has 0 fully saturated rings. The van der Waals surface area contributed by atoms with Gasteiger partial charge in [0.15, 0.2) is 0 Å². The van der Waals surface area contributed by atoms with Crippen LogP contribution in [0, 0.1) is 0 Å². The normalized spacial score (nSPS) is 13.5. The standard InChI is InChI=1S/C12H27N3O2/c1-10(11(16)14-8-9-17-5)13-6-7-15-12(2,3)4/h10,13,15H,6-9H2,1-5H3,(H,14,16). The van der Waals surface area contributed by atoms with Gasteiger partial charge in [0.05, 0.1) is 12.6 Å². The second-order valence-electron chi connectivity index (χ2n) is 5.14. The highest BCUT2D eigenvalue weighted by molar-refractivity contribution is 5.81. The lowest BCUT2D eigenvalue weighted by molar-refractivity contribution is -0.122. The Kier molecular flexibility index (Phi) is 8.12. The summed E-state index contributed by atoms with van der Waals surface area (Å²) in [6.45, 7) is 10.9. The highest BCUT2D eigenvalue weighted by Crippen LogP contribution is 1.96. The van der Waals surface area contributed by atoms with Crippen molar-refractivity contribution in [2.24, 2.45) is 0 Å². The Bertz CT molecular complexity index is 214. The first kappa shape index (κ1) is 16.4. The van der Waals surface area contributed by atoms with Crippen LogP contribution in [0.15, 0.2) is 0 Å². The average Bonchev–Trinajstić information content (AvgIpc) is 2.23. The predicted octanol–water partition coefficient (Wildman–Crippen LogP) is 0.115. The van der Waals surface area contributed by atoms with E-state index in [9.17, 15) is 4.79 Å². The summed E-state index contributed by atoms with van der Waals surface area (Å²) in [5.41, 5.74) is 0.117. The molecule has 0 saturated heterocycles. The van der Waals surface area contributed by atoms with Gasteiger partial charge in [-0.25, -0.2) is 0 Å². The van der Waals surface area contributed by atoms with Crippen LogP contribution in [0.4, 0.5) is 0 Å². The number of methoxy groups -OCH3 is 1. The van der Waals surface area contributed by atoms with Crippen LogP contribution >= 0.6 is 0 Å². The SMILES string of the molecule is COCCNC(=O)C(C)NCCNC(C)(C)C. The van der Waals surface area contributed by atoms with Gasteiger partial charge in [-0.15, -0.1) is 0 Å². The Balaban J connectivity index is 3.57. The molecule has 0 aliphatic carbocycles. The van der Waals surface area contributed by atoms with Crippen molar-refractivity contribution < 1.29 is 9.53 Å². The van der Waals surface area contributed by atoms with Crippen molar-refractivity contribution in [3.05, 3.63) is 0 Å². The van der Waals surface area contributed by atoms with Crippen molar-refractivity contribution in [1.29, 1.82) is 0 Å². The lowest BCUT2D eigenvalue weighted by Crippen LogP contribution is -2.47. The maximum Gasteiger partial charge on any atom is 0.236 e. The van der Waals surface area contributed by atoms with Gasteiger partial charge in [0, 0.05) is 32.3 Å². The van der Waals surface area contributed by atoms with Gasteiger partial charge in [0.1, 0.15) is 0 Å². The lowest BCUT2D eigenvalue weighted by Gasteiger charge is -2.21. The number of ether oxygens (including phenoxy) is 1. The Morgan fingerprint density at radius 2 is 1.88 bits per heavy atom. The number of nitrogens with one attached hydrogen (secondary N) is 3. The first-order chi connectivity index (χ1) is 7.87. The number of carbonyl (C=O) groups is 1. The fraction of sp³-hybridized carbons (Fsp3) is 0.917. The van der Waals surface area contributed by atoms with Crippen LogP contribution in [0.25, 0.3) is 0 Å². The molecule has 0 spiro atoms. The minimum absolute atomic E-state index is 0.0119. The molecule has 0 saturated carbocycles. The summed E-state index contributed by atoms with van der Waals surface area (Å²) in [7, 11) is 1.62. The van der Waals surface area contributed by atoms with Crippen LogP contribution in [0.5, 0.6) is 0 Å². The van der Waals surface area contributed by atoms with E-state index in [-0.39, 0.29) is 17.5 Å². The predicted molar refractivity (Wildman–Crippen MR) is 70.1 cm³/mol. The van der Waals surface area contributed by atoms with E-state index < -0.39 is 0 Å². The van der Waals surface area contributed by atoms with Gasteiger partial charge < -0.3 is 20.7 Å². The monoisotopic (exact) mass is 245 g/mol. The molecule has 0 aromatic carbocycles. The Hall–Kier alpha value is -0.650. The maximum absolute atomic E-state index is 11.6. The molecule has 0 aromatic heterocycles. The Morgan fingerprint density at radius 1 is 1.24 bits per heavy atom. The Labute approximate surface area is 105 Å². The van der Waals surface area contributed by atoms with Gasteiger partial charge in [-0.05, 0) is 27.7 Å². The molecule has 0 aliphatic heterocycles. The second kappa shape index (κ2) is 8.44. The van der Waals surface area contributed by atoms with Gasteiger partial charge in [-0.1, -0.05) is 0 Å². The van der Waals surface area contributed by atoms with E-state index in [0.29, 0.717) is 13.2 Å². The van der Waals surface area contributed by atoms with E-state index in [1.54, 1.807) is 7.11 Å². The van der Waals surface area contributed by atoms with Crippen molar-refractivity contribution >= 4 is 5.91 Å². The van der Waals surface area contributed by atoms with Gasteiger partial charge in [0.25, 0.3) is 0 Å². The van der Waals surface area contributed by atoms with E-state index in [1.165, 1.54) is 0 Å². The molecule has 0 aliphatic rings. The topological polar surface area (TPSA) is 62.4 Å².